The summed E-state index contributed by atoms with van der Waals surface area (Å²) in [5, 5.41) is 0. The third-order valence-corrected chi connectivity index (χ3v) is 3.22. The highest BCUT2D eigenvalue weighted by molar-refractivity contribution is 5.82. The molecule has 0 aromatic carbocycles. The van der Waals surface area contributed by atoms with Crippen LogP contribution >= 0.6 is 0 Å². The second kappa shape index (κ2) is 8.65. The van der Waals surface area contributed by atoms with Gasteiger partial charge in [0.25, 0.3) is 0 Å². The number of rotatable bonds is 4. The van der Waals surface area contributed by atoms with E-state index in [0.717, 1.165) is 25.8 Å². The van der Waals surface area contributed by atoms with E-state index < -0.39 is 0 Å². The van der Waals surface area contributed by atoms with E-state index in [-0.39, 0.29) is 11.9 Å². The zero-order chi connectivity index (χ0) is 12.5. The Hall–Kier alpha value is -0.410. The summed E-state index contributed by atoms with van der Waals surface area (Å²) in [4.78, 5) is 17.5. The molecule has 0 spiro atoms. The Morgan fingerprint density at radius 2 is 1.82 bits per heavy atom. The minimum atomic E-state index is -0.216. The minimum Gasteiger partial charge on any atom is -0.297 e. The number of carbonyl (C=O) groups is 1. The highest BCUT2D eigenvalue weighted by atomic mass is 16.7. The summed E-state index contributed by atoms with van der Waals surface area (Å²) in [7, 11) is 0. The molecule has 3 heteroatoms. The van der Waals surface area contributed by atoms with Crippen LogP contribution in [0.1, 0.15) is 65.2 Å². The fourth-order valence-electron chi connectivity index (χ4n) is 2.10. The molecular weight excluding hydrogens is 214 g/mol. The van der Waals surface area contributed by atoms with E-state index >= 15 is 0 Å². The lowest BCUT2D eigenvalue weighted by molar-refractivity contribution is -0.137. The van der Waals surface area contributed by atoms with Gasteiger partial charge in [-0.25, -0.2) is 5.48 Å². The Balaban J connectivity index is 2.32. The van der Waals surface area contributed by atoms with Gasteiger partial charge in [-0.15, -0.1) is 0 Å². The lowest BCUT2D eigenvalue weighted by Crippen LogP contribution is -2.33. The quantitative estimate of drug-likeness (QED) is 0.768. The summed E-state index contributed by atoms with van der Waals surface area (Å²) in [6.45, 7) is 5.07. The normalized spacial score (nSPS) is 23.9. The van der Waals surface area contributed by atoms with Crippen molar-refractivity contribution in [3.63, 3.8) is 0 Å². The summed E-state index contributed by atoms with van der Waals surface area (Å²) < 4.78 is 0. The van der Waals surface area contributed by atoms with Crippen LogP contribution in [0.15, 0.2) is 0 Å². The van der Waals surface area contributed by atoms with Crippen LogP contribution in [0.25, 0.3) is 0 Å². The number of nitrogens with one attached hydrogen (secondary N) is 1. The van der Waals surface area contributed by atoms with Crippen molar-refractivity contribution in [1.29, 1.82) is 0 Å². The van der Waals surface area contributed by atoms with Crippen LogP contribution in [0.2, 0.25) is 0 Å². The van der Waals surface area contributed by atoms with Crippen molar-refractivity contribution in [3.8, 4) is 0 Å². The Kier molecular flexibility index (Phi) is 7.45. The first-order valence-electron chi connectivity index (χ1n) is 7.11. The van der Waals surface area contributed by atoms with E-state index in [2.05, 4.69) is 19.3 Å². The van der Waals surface area contributed by atoms with Crippen LogP contribution in [0.3, 0.4) is 0 Å². The minimum absolute atomic E-state index is 0.216. The molecule has 100 valence electrons. The molecule has 1 saturated carbocycles. The molecule has 0 bridgehead atoms. The van der Waals surface area contributed by atoms with Crippen LogP contribution in [0.5, 0.6) is 0 Å². The maximum Gasteiger partial charge on any atom is 0.163 e. The van der Waals surface area contributed by atoms with Gasteiger partial charge in [0.15, 0.2) is 5.78 Å². The van der Waals surface area contributed by atoms with Gasteiger partial charge in [0.05, 0.1) is 0 Å². The van der Waals surface area contributed by atoms with Gasteiger partial charge in [0.2, 0.25) is 0 Å². The summed E-state index contributed by atoms with van der Waals surface area (Å²) in [6, 6.07) is 0. The van der Waals surface area contributed by atoms with Gasteiger partial charge < -0.3 is 0 Å². The van der Waals surface area contributed by atoms with E-state index in [0.29, 0.717) is 12.3 Å². The van der Waals surface area contributed by atoms with Gasteiger partial charge in [-0.2, -0.15) is 0 Å². The van der Waals surface area contributed by atoms with Crippen molar-refractivity contribution in [2.45, 2.75) is 71.3 Å². The van der Waals surface area contributed by atoms with Crippen LogP contribution in [-0.4, -0.2) is 18.4 Å². The Bertz CT molecular complexity index is 216. The zero-order valence-electron chi connectivity index (χ0n) is 11.3. The summed E-state index contributed by atoms with van der Waals surface area (Å²) in [5.74, 6) is 0.827. The van der Waals surface area contributed by atoms with Crippen molar-refractivity contribution < 1.29 is 9.63 Å². The van der Waals surface area contributed by atoms with Crippen molar-refractivity contribution in [1.82, 2.24) is 5.48 Å². The molecule has 1 N–H and O–H groups in total. The predicted octanol–water partition coefficient (Wildman–Crippen LogP) is 3.24. The number of Topliss-reactive ketones (excluding diaryl/α,β-unsaturated/α-hetero) is 1. The Morgan fingerprint density at radius 3 is 2.53 bits per heavy atom. The summed E-state index contributed by atoms with van der Waals surface area (Å²) in [6.07, 6.45) is 8.51. The van der Waals surface area contributed by atoms with Crippen molar-refractivity contribution >= 4 is 5.78 Å². The zero-order valence-corrected chi connectivity index (χ0v) is 11.3. The number of carbonyl (C=O) groups excluding carboxylic acids is 1. The van der Waals surface area contributed by atoms with Crippen LogP contribution < -0.4 is 5.48 Å². The highest BCUT2D eigenvalue weighted by Gasteiger charge is 2.19. The molecule has 1 aliphatic rings. The molecule has 0 amide bonds. The van der Waals surface area contributed by atoms with E-state index in [9.17, 15) is 4.79 Å². The molecule has 0 saturated heterocycles. The predicted molar refractivity (Wildman–Crippen MR) is 69.7 cm³/mol. The van der Waals surface area contributed by atoms with E-state index in [1.54, 1.807) is 0 Å². The highest BCUT2D eigenvalue weighted by Crippen LogP contribution is 2.16. The van der Waals surface area contributed by atoms with Gasteiger partial charge in [-0.05, 0) is 18.8 Å². The van der Waals surface area contributed by atoms with Gasteiger partial charge in [-0.3, -0.25) is 9.63 Å². The monoisotopic (exact) mass is 241 g/mol. The maximum atomic E-state index is 11.9. The van der Waals surface area contributed by atoms with Crippen LogP contribution in [0.4, 0.5) is 0 Å². The first-order valence-corrected chi connectivity index (χ1v) is 7.11. The fraction of sp³-hybridized carbons (Fsp3) is 0.929. The molecule has 1 rings (SSSR count). The molecule has 17 heavy (non-hydrogen) atoms. The average Bonchev–Trinajstić information content (AvgIpc) is 2.29. The Morgan fingerprint density at radius 1 is 1.18 bits per heavy atom. The third kappa shape index (κ3) is 6.79. The molecule has 0 aromatic rings. The van der Waals surface area contributed by atoms with Crippen LogP contribution in [0, 0.1) is 5.92 Å². The topological polar surface area (TPSA) is 38.3 Å². The summed E-state index contributed by atoms with van der Waals surface area (Å²) >= 11 is 0. The van der Waals surface area contributed by atoms with Crippen molar-refractivity contribution in [2.75, 3.05) is 6.54 Å². The molecule has 0 aliphatic heterocycles. The molecule has 3 nitrogen and oxygen atoms in total. The lowest BCUT2D eigenvalue weighted by Gasteiger charge is -2.19. The average molecular weight is 241 g/mol. The van der Waals surface area contributed by atoms with Crippen molar-refractivity contribution in [3.05, 3.63) is 0 Å². The second-order valence-electron chi connectivity index (χ2n) is 5.48. The molecule has 1 unspecified atom stereocenters. The number of hydroxylamine groups is 1. The molecule has 0 aromatic heterocycles. The first-order chi connectivity index (χ1) is 8.20. The smallest absolute Gasteiger partial charge is 0.163 e. The van der Waals surface area contributed by atoms with Crippen molar-refractivity contribution in [2.24, 2.45) is 5.92 Å². The fourth-order valence-corrected chi connectivity index (χ4v) is 2.10. The van der Waals surface area contributed by atoms with Gasteiger partial charge in [0.1, 0.15) is 6.10 Å². The molecule has 0 heterocycles. The van der Waals surface area contributed by atoms with E-state index in [1.807, 2.05) is 0 Å². The molecular formula is C14H27NO2. The summed E-state index contributed by atoms with van der Waals surface area (Å²) in [5.41, 5.74) is 2.95. The van der Waals surface area contributed by atoms with Gasteiger partial charge >= 0.3 is 0 Å². The Labute approximate surface area is 105 Å². The molecule has 1 fully saturated rings. The van der Waals surface area contributed by atoms with Crippen LogP contribution in [-0.2, 0) is 9.63 Å². The standard InChI is InChI=1S/C14H27NO2/c1-12(2)11-15-17-14-10-8-6-4-3-5-7-9-13(14)16/h12,14-15H,3-11H2,1-2H3. The molecule has 1 atom stereocenters. The SMILES string of the molecule is CC(C)CNOC1CCCCCCCCC1=O. The van der Waals surface area contributed by atoms with E-state index in [1.165, 1.54) is 25.7 Å². The maximum absolute atomic E-state index is 11.9. The van der Waals surface area contributed by atoms with E-state index in [4.69, 9.17) is 4.84 Å². The largest absolute Gasteiger partial charge is 0.297 e. The van der Waals surface area contributed by atoms with Gasteiger partial charge in [-0.1, -0.05) is 46.0 Å². The number of hydrogen-bond donors (Lipinski definition) is 1. The molecule has 1 aliphatic carbocycles. The second-order valence-corrected chi connectivity index (χ2v) is 5.48. The lowest BCUT2D eigenvalue weighted by atomic mass is 9.98. The molecule has 0 radical (unpaired) electrons. The number of ketones is 1. The third-order valence-electron chi connectivity index (χ3n) is 3.22. The van der Waals surface area contributed by atoms with Gasteiger partial charge in [0, 0.05) is 13.0 Å². The first kappa shape index (κ1) is 14.7. The number of hydrogen-bond acceptors (Lipinski definition) is 3.